The van der Waals surface area contributed by atoms with Crippen LogP contribution in [0, 0.1) is 5.41 Å². The lowest BCUT2D eigenvalue weighted by Crippen LogP contribution is -2.40. The van der Waals surface area contributed by atoms with Gasteiger partial charge < -0.3 is 5.11 Å². The average molecular weight is 426 g/mol. The molecule has 0 aromatic heterocycles. The maximum Gasteiger partial charge on any atom is 0.243 e. The molecule has 1 atom stereocenters. The molecule has 0 heterocycles. The summed E-state index contributed by atoms with van der Waals surface area (Å²) in [6.07, 6.45) is 0.0900. The zero-order valence-electron chi connectivity index (χ0n) is 16.5. The van der Waals surface area contributed by atoms with Gasteiger partial charge in [-0.2, -0.15) is 4.31 Å². The molecule has 2 aromatic rings. The van der Waals surface area contributed by atoms with Crippen LogP contribution >= 0.6 is 0 Å². The first-order chi connectivity index (χ1) is 12.8. The van der Waals surface area contributed by atoms with E-state index in [9.17, 15) is 21.9 Å². The second-order valence-corrected chi connectivity index (χ2v) is 12.0. The minimum atomic E-state index is -3.92. The Balaban J connectivity index is 2.38. The van der Waals surface area contributed by atoms with Gasteiger partial charge in [-0.25, -0.2) is 16.8 Å². The first-order valence-electron chi connectivity index (χ1n) is 8.84. The average Bonchev–Trinajstić information content (AvgIpc) is 2.60. The number of aliphatic hydroxyl groups excluding tert-OH is 1. The van der Waals surface area contributed by atoms with Crippen molar-refractivity contribution in [3.63, 3.8) is 0 Å². The van der Waals surface area contributed by atoms with E-state index in [2.05, 4.69) is 0 Å². The van der Waals surface area contributed by atoms with E-state index in [-0.39, 0.29) is 28.3 Å². The molecule has 0 fully saturated rings. The molecule has 0 saturated heterocycles. The van der Waals surface area contributed by atoms with Crippen molar-refractivity contribution in [2.75, 3.05) is 19.3 Å². The molecule has 0 bridgehead atoms. The molecule has 0 saturated carbocycles. The molecule has 8 heteroatoms. The Morgan fingerprint density at radius 2 is 1.39 bits per heavy atom. The zero-order valence-corrected chi connectivity index (χ0v) is 18.2. The van der Waals surface area contributed by atoms with Gasteiger partial charge in [0.1, 0.15) is 0 Å². The molecular weight excluding hydrogens is 398 g/mol. The second kappa shape index (κ2) is 8.32. The van der Waals surface area contributed by atoms with Gasteiger partial charge in [0, 0.05) is 19.3 Å². The zero-order chi connectivity index (χ0) is 21.2. The lowest BCUT2D eigenvalue weighted by molar-refractivity contribution is 0.134. The Hall–Kier alpha value is -1.74. The maximum atomic E-state index is 13.2. The summed E-state index contributed by atoms with van der Waals surface area (Å²) in [5, 5.41) is 10.6. The molecule has 2 aromatic carbocycles. The first kappa shape index (κ1) is 22.5. The third-order valence-electron chi connectivity index (χ3n) is 4.10. The van der Waals surface area contributed by atoms with E-state index in [1.54, 1.807) is 24.3 Å². The maximum absolute atomic E-state index is 13.2. The van der Waals surface area contributed by atoms with Crippen LogP contribution in [0.2, 0.25) is 0 Å². The van der Waals surface area contributed by atoms with Crippen molar-refractivity contribution in [2.45, 2.75) is 36.7 Å². The van der Waals surface area contributed by atoms with Crippen molar-refractivity contribution in [3.8, 4) is 0 Å². The summed E-state index contributed by atoms with van der Waals surface area (Å²) in [7, 11) is -7.34. The minimum absolute atomic E-state index is 0.00980. The summed E-state index contributed by atoms with van der Waals surface area (Å²) < 4.78 is 50.9. The quantitative estimate of drug-likeness (QED) is 0.736. The highest BCUT2D eigenvalue weighted by molar-refractivity contribution is 7.90. The highest BCUT2D eigenvalue weighted by atomic mass is 32.2. The fraction of sp³-hybridized carbons (Fsp3) is 0.400. The fourth-order valence-corrected chi connectivity index (χ4v) is 5.06. The molecule has 2 rings (SSSR count). The van der Waals surface area contributed by atoms with Crippen molar-refractivity contribution >= 4 is 19.9 Å². The fourth-order valence-electron chi connectivity index (χ4n) is 2.76. The Kier molecular flexibility index (Phi) is 6.70. The van der Waals surface area contributed by atoms with Gasteiger partial charge in [-0.1, -0.05) is 51.1 Å². The van der Waals surface area contributed by atoms with E-state index in [0.29, 0.717) is 5.56 Å². The lowest BCUT2D eigenvalue weighted by atomic mass is 9.97. The Bertz CT molecular complexity index is 993. The van der Waals surface area contributed by atoms with Crippen LogP contribution in [0.1, 0.15) is 32.4 Å². The van der Waals surface area contributed by atoms with E-state index in [1.807, 2.05) is 26.8 Å². The van der Waals surface area contributed by atoms with Gasteiger partial charge in [0.2, 0.25) is 10.0 Å². The third-order valence-corrected chi connectivity index (χ3v) is 7.06. The van der Waals surface area contributed by atoms with E-state index < -0.39 is 26.0 Å². The number of sulfone groups is 1. The van der Waals surface area contributed by atoms with Crippen molar-refractivity contribution in [1.82, 2.24) is 4.31 Å². The summed E-state index contributed by atoms with van der Waals surface area (Å²) in [4.78, 5) is 0.0440. The summed E-state index contributed by atoms with van der Waals surface area (Å²) >= 11 is 0. The van der Waals surface area contributed by atoms with Crippen LogP contribution < -0.4 is 0 Å². The number of hydrogen-bond donors (Lipinski definition) is 1. The topological polar surface area (TPSA) is 91.8 Å². The molecule has 154 valence electrons. The van der Waals surface area contributed by atoms with Gasteiger partial charge in [0.15, 0.2) is 9.84 Å². The number of nitrogens with zero attached hydrogens (tertiary/aromatic N) is 1. The normalized spacial score (nSPS) is 14.2. The molecular formula is C20H27NO5S2. The summed E-state index contributed by atoms with van der Waals surface area (Å²) in [5.74, 6) is 0. The van der Waals surface area contributed by atoms with Crippen molar-refractivity contribution in [1.29, 1.82) is 0 Å². The highest BCUT2D eigenvalue weighted by Gasteiger charge is 2.31. The predicted octanol–water partition coefficient (Wildman–Crippen LogP) is 2.86. The summed E-state index contributed by atoms with van der Waals surface area (Å²) in [6, 6.07) is 14.0. The van der Waals surface area contributed by atoms with E-state index in [0.717, 1.165) is 6.26 Å². The van der Waals surface area contributed by atoms with Gasteiger partial charge in [0.05, 0.1) is 15.9 Å². The molecule has 0 aliphatic rings. The highest BCUT2D eigenvalue weighted by Crippen LogP contribution is 2.26. The smallest absolute Gasteiger partial charge is 0.243 e. The second-order valence-electron chi connectivity index (χ2n) is 8.03. The molecule has 1 N–H and O–H groups in total. The number of hydrogen-bond acceptors (Lipinski definition) is 5. The number of sulfonamides is 1. The van der Waals surface area contributed by atoms with E-state index >= 15 is 0 Å². The molecule has 1 unspecified atom stereocenters. The van der Waals surface area contributed by atoms with E-state index in [1.165, 1.54) is 28.6 Å². The monoisotopic (exact) mass is 425 g/mol. The Morgan fingerprint density at radius 3 is 1.86 bits per heavy atom. The van der Waals surface area contributed by atoms with Gasteiger partial charge >= 0.3 is 0 Å². The molecule has 0 amide bonds. The molecule has 0 aliphatic heterocycles. The Labute approximate surface area is 167 Å². The van der Waals surface area contributed by atoms with Gasteiger partial charge in [-0.15, -0.1) is 0 Å². The summed E-state index contributed by atoms with van der Waals surface area (Å²) in [5.41, 5.74) is 0.292. The molecule has 6 nitrogen and oxygen atoms in total. The number of aliphatic hydroxyl groups is 1. The number of rotatable bonds is 7. The van der Waals surface area contributed by atoms with Crippen LogP contribution in [-0.2, 0) is 19.9 Å². The molecule has 0 radical (unpaired) electrons. The van der Waals surface area contributed by atoms with Gasteiger partial charge in [0.25, 0.3) is 0 Å². The molecule has 0 aliphatic carbocycles. The largest absolute Gasteiger partial charge is 0.387 e. The van der Waals surface area contributed by atoms with Crippen molar-refractivity contribution in [3.05, 3.63) is 60.2 Å². The van der Waals surface area contributed by atoms with Crippen LogP contribution in [0.25, 0.3) is 0 Å². The van der Waals surface area contributed by atoms with Crippen molar-refractivity contribution in [2.24, 2.45) is 5.41 Å². The van der Waals surface area contributed by atoms with Gasteiger partial charge in [-0.3, -0.25) is 0 Å². The minimum Gasteiger partial charge on any atom is -0.387 e. The van der Waals surface area contributed by atoms with E-state index in [4.69, 9.17) is 0 Å². The first-order valence-corrected chi connectivity index (χ1v) is 12.2. The Morgan fingerprint density at radius 1 is 0.893 bits per heavy atom. The standard InChI is InChI=1S/C20H27NO5S2/c1-20(2,3)15-21(14-19(22)16-8-6-5-7-9-16)28(25,26)18-12-10-17(11-13-18)27(4,23)24/h5-13,19,22H,14-15H2,1-4H3. The summed E-state index contributed by atoms with van der Waals surface area (Å²) in [6.45, 7) is 5.84. The van der Waals surface area contributed by atoms with Crippen LogP contribution in [0.4, 0.5) is 0 Å². The SMILES string of the molecule is CC(C)(C)CN(CC(O)c1ccccc1)S(=O)(=O)c1ccc(S(C)(=O)=O)cc1. The van der Waals surface area contributed by atoms with Crippen LogP contribution in [0.3, 0.4) is 0 Å². The number of benzene rings is 2. The van der Waals surface area contributed by atoms with Crippen LogP contribution in [0.15, 0.2) is 64.4 Å². The third kappa shape index (κ3) is 5.88. The molecule has 0 spiro atoms. The van der Waals surface area contributed by atoms with Gasteiger partial charge in [-0.05, 0) is 35.2 Å². The molecule has 28 heavy (non-hydrogen) atoms. The van der Waals surface area contributed by atoms with Crippen molar-refractivity contribution < 1.29 is 21.9 Å². The predicted molar refractivity (Wildman–Crippen MR) is 109 cm³/mol. The van der Waals surface area contributed by atoms with Crippen LogP contribution in [0.5, 0.6) is 0 Å². The van der Waals surface area contributed by atoms with Crippen LogP contribution in [-0.4, -0.2) is 45.6 Å². The lowest BCUT2D eigenvalue weighted by Gasteiger charge is -2.31.